The van der Waals surface area contributed by atoms with E-state index in [1.807, 2.05) is 43.1 Å². The standard InChI is InChI=1S/C22H30N2O3/c1-16-6-10-20(11-7-16)14-24-22(26)21(15-27-24)23(5)13-12-18(3)17(2)8-9-19(4)25/h6-11,18,21,25H,2,4,12-15H2,1,3,5H3/b9-8-. The first kappa shape index (κ1) is 20.9. The van der Waals surface area contributed by atoms with Crippen molar-refractivity contribution in [3.8, 4) is 0 Å². The zero-order chi connectivity index (χ0) is 20.0. The molecule has 1 N–H and O–H groups in total. The number of hydrogen-bond acceptors (Lipinski definition) is 4. The average molecular weight is 370 g/mol. The molecule has 0 aromatic heterocycles. The normalized spacial score (nSPS) is 18.4. The maximum Gasteiger partial charge on any atom is 0.266 e. The number of allylic oxidation sites excluding steroid dienone is 3. The van der Waals surface area contributed by atoms with E-state index in [1.54, 1.807) is 12.2 Å². The van der Waals surface area contributed by atoms with Gasteiger partial charge in [-0.2, -0.15) is 0 Å². The lowest BCUT2D eigenvalue weighted by molar-refractivity contribution is -0.164. The molecule has 2 unspecified atom stereocenters. The van der Waals surface area contributed by atoms with Crippen LogP contribution in [0.1, 0.15) is 24.5 Å². The van der Waals surface area contributed by atoms with E-state index in [0.717, 1.165) is 24.1 Å². The summed E-state index contributed by atoms with van der Waals surface area (Å²) in [5, 5.41) is 10.6. The molecule has 1 heterocycles. The summed E-state index contributed by atoms with van der Waals surface area (Å²) in [7, 11) is 1.95. The van der Waals surface area contributed by atoms with Crippen molar-refractivity contribution in [3.63, 3.8) is 0 Å². The molecule has 1 aromatic rings. The van der Waals surface area contributed by atoms with Crippen LogP contribution in [-0.2, 0) is 16.2 Å². The lowest BCUT2D eigenvalue weighted by atomic mass is 9.98. The highest BCUT2D eigenvalue weighted by atomic mass is 16.7. The van der Waals surface area contributed by atoms with Crippen molar-refractivity contribution in [2.75, 3.05) is 20.2 Å². The molecule has 1 aromatic carbocycles. The summed E-state index contributed by atoms with van der Waals surface area (Å²) in [5.74, 6) is 0.257. The highest BCUT2D eigenvalue weighted by Gasteiger charge is 2.35. The largest absolute Gasteiger partial charge is 0.509 e. The number of amides is 1. The van der Waals surface area contributed by atoms with Gasteiger partial charge in [0, 0.05) is 0 Å². The van der Waals surface area contributed by atoms with Crippen LogP contribution in [0.15, 0.2) is 60.9 Å². The monoisotopic (exact) mass is 370 g/mol. The van der Waals surface area contributed by atoms with E-state index in [1.165, 1.54) is 10.6 Å². The van der Waals surface area contributed by atoms with Gasteiger partial charge in [0.15, 0.2) is 0 Å². The lowest BCUT2D eigenvalue weighted by Crippen LogP contribution is -2.41. The van der Waals surface area contributed by atoms with Crippen molar-refractivity contribution in [1.82, 2.24) is 9.96 Å². The van der Waals surface area contributed by atoms with Crippen LogP contribution in [0.4, 0.5) is 0 Å². The second-order valence-corrected chi connectivity index (χ2v) is 7.24. The van der Waals surface area contributed by atoms with Crippen LogP contribution in [0.3, 0.4) is 0 Å². The quantitative estimate of drug-likeness (QED) is 0.531. The van der Waals surface area contributed by atoms with Gasteiger partial charge in [-0.15, -0.1) is 0 Å². The van der Waals surface area contributed by atoms with Gasteiger partial charge in [0.1, 0.15) is 11.8 Å². The summed E-state index contributed by atoms with van der Waals surface area (Å²) in [6, 6.07) is 7.85. The number of benzene rings is 1. The van der Waals surface area contributed by atoms with Gasteiger partial charge in [0.25, 0.3) is 5.91 Å². The molecular formula is C22H30N2O3. The molecule has 0 bridgehead atoms. The Morgan fingerprint density at radius 1 is 1.37 bits per heavy atom. The Morgan fingerprint density at radius 2 is 2.04 bits per heavy atom. The Labute approximate surface area is 162 Å². The van der Waals surface area contributed by atoms with Gasteiger partial charge in [-0.25, -0.2) is 5.06 Å². The minimum Gasteiger partial charge on any atom is -0.509 e. The van der Waals surface area contributed by atoms with E-state index in [2.05, 4.69) is 20.1 Å². The van der Waals surface area contributed by atoms with Crippen molar-refractivity contribution in [2.45, 2.75) is 32.9 Å². The number of aliphatic hydroxyl groups is 1. The van der Waals surface area contributed by atoms with Gasteiger partial charge in [-0.3, -0.25) is 14.5 Å². The van der Waals surface area contributed by atoms with E-state index in [4.69, 9.17) is 9.94 Å². The molecule has 0 aliphatic carbocycles. The SMILES string of the molecule is C=C(O)/C=C\C(=C)C(C)CCN(C)C1CON(Cc2ccc(C)cc2)C1=O. The number of carbonyl (C=O) groups excluding carboxylic acids is 1. The average Bonchev–Trinajstić information content (AvgIpc) is 2.99. The molecular weight excluding hydrogens is 340 g/mol. The predicted octanol–water partition coefficient (Wildman–Crippen LogP) is 3.78. The number of aryl methyl sites for hydroxylation is 1. The molecule has 1 aliphatic heterocycles. The minimum atomic E-state index is -0.260. The predicted molar refractivity (Wildman–Crippen MR) is 108 cm³/mol. The van der Waals surface area contributed by atoms with E-state index in [-0.39, 0.29) is 23.6 Å². The number of hydrogen-bond donors (Lipinski definition) is 1. The van der Waals surface area contributed by atoms with Crippen molar-refractivity contribution < 1.29 is 14.7 Å². The highest BCUT2D eigenvalue weighted by Crippen LogP contribution is 2.20. The molecule has 1 saturated heterocycles. The Bertz CT molecular complexity index is 709. The van der Waals surface area contributed by atoms with Crippen molar-refractivity contribution >= 4 is 5.91 Å². The number of rotatable bonds is 9. The first-order valence-electron chi connectivity index (χ1n) is 9.22. The molecule has 146 valence electrons. The van der Waals surface area contributed by atoms with E-state index < -0.39 is 0 Å². The zero-order valence-electron chi connectivity index (χ0n) is 16.5. The maximum atomic E-state index is 12.7. The van der Waals surface area contributed by atoms with Crippen LogP contribution in [0.2, 0.25) is 0 Å². The van der Waals surface area contributed by atoms with Crippen LogP contribution >= 0.6 is 0 Å². The second kappa shape index (κ2) is 9.53. The van der Waals surface area contributed by atoms with Gasteiger partial charge >= 0.3 is 0 Å². The van der Waals surface area contributed by atoms with Crippen LogP contribution < -0.4 is 0 Å². The molecule has 1 fully saturated rings. The summed E-state index contributed by atoms with van der Waals surface area (Å²) in [5.41, 5.74) is 3.17. The molecule has 0 spiro atoms. The van der Waals surface area contributed by atoms with Crippen LogP contribution in [-0.4, -0.2) is 47.2 Å². The third-order valence-electron chi connectivity index (χ3n) is 4.94. The summed E-state index contributed by atoms with van der Waals surface area (Å²) in [6.07, 6.45) is 4.18. The zero-order valence-corrected chi connectivity index (χ0v) is 16.5. The minimum absolute atomic E-state index is 0.000954. The van der Waals surface area contributed by atoms with Gasteiger partial charge < -0.3 is 5.11 Å². The maximum absolute atomic E-state index is 12.7. The summed E-state index contributed by atoms with van der Waals surface area (Å²) in [4.78, 5) is 20.3. The fourth-order valence-corrected chi connectivity index (χ4v) is 2.87. The Morgan fingerprint density at radius 3 is 2.67 bits per heavy atom. The van der Waals surface area contributed by atoms with Gasteiger partial charge in [-0.05, 0) is 44.5 Å². The number of nitrogens with zero attached hydrogens (tertiary/aromatic N) is 2. The molecule has 27 heavy (non-hydrogen) atoms. The lowest BCUT2D eigenvalue weighted by Gasteiger charge is -2.23. The number of aliphatic hydroxyl groups excluding tert-OH is 1. The van der Waals surface area contributed by atoms with Crippen LogP contribution in [0, 0.1) is 12.8 Å². The molecule has 1 aliphatic rings. The molecule has 0 radical (unpaired) electrons. The number of likely N-dealkylation sites (N-methyl/N-ethyl adjacent to an activating group) is 1. The van der Waals surface area contributed by atoms with Crippen LogP contribution in [0.25, 0.3) is 0 Å². The smallest absolute Gasteiger partial charge is 0.266 e. The molecule has 0 saturated carbocycles. The molecule has 1 amide bonds. The third-order valence-corrected chi connectivity index (χ3v) is 4.94. The molecule has 2 atom stereocenters. The molecule has 5 heteroatoms. The van der Waals surface area contributed by atoms with Gasteiger partial charge in [0.2, 0.25) is 0 Å². The van der Waals surface area contributed by atoms with E-state index >= 15 is 0 Å². The van der Waals surface area contributed by atoms with Crippen molar-refractivity contribution in [1.29, 1.82) is 0 Å². The highest BCUT2D eigenvalue weighted by molar-refractivity contribution is 5.82. The van der Waals surface area contributed by atoms with Gasteiger partial charge in [-0.1, -0.05) is 61.6 Å². The number of carbonyl (C=O) groups is 1. The van der Waals surface area contributed by atoms with E-state index in [9.17, 15) is 4.79 Å². The fourth-order valence-electron chi connectivity index (χ4n) is 2.87. The van der Waals surface area contributed by atoms with Crippen LogP contribution in [0.5, 0.6) is 0 Å². The third kappa shape index (κ3) is 6.08. The van der Waals surface area contributed by atoms with Crippen molar-refractivity contribution in [2.24, 2.45) is 5.92 Å². The van der Waals surface area contributed by atoms with Crippen molar-refractivity contribution in [3.05, 3.63) is 72.0 Å². The van der Waals surface area contributed by atoms with Gasteiger partial charge in [0.05, 0.1) is 13.2 Å². The Balaban J connectivity index is 1.83. The second-order valence-electron chi connectivity index (χ2n) is 7.24. The summed E-state index contributed by atoms with van der Waals surface area (Å²) in [6.45, 7) is 13.2. The molecule has 2 rings (SSSR count). The first-order valence-corrected chi connectivity index (χ1v) is 9.22. The summed E-state index contributed by atoms with van der Waals surface area (Å²) >= 11 is 0. The summed E-state index contributed by atoms with van der Waals surface area (Å²) < 4.78 is 0. The first-order chi connectivity index (χ1) is 12.8. The topological polar surface area (TPSA) is 53.0 Å². The number of hydroxylamine groups is 2. The van der Waals surface area contributed by atoms with E-state index in [0.29, 0.717) is 13.2 Å². The Hall–Kier alpha value is -2.37. The fraction of sp³-hybridized carbons (Fsp3) is 0.409. The molecule has 5 nitrogen and oxygen atoms in total. The Kier molecular flexibility index (Phi) is 7.39.